The monoisotopic (exact) mass is 266 g/mol. The van der Waals surface area contributed by atoms with E-state index >= 15 is 0 Å². The Morgan fingerprint density at radius 2 is 2.32 bits per heavy atom. The molecule has 0 aromatic carbocycles. The molecule has 0 bridgehead atoms. The maximum absolute atomic E-state index is 11.4. The van der Waals surface area contributed by atoms with E-state index in [1.807, 2.05) is 0 Å². The Kier molecular flexibility index (Phi) is 3.45. The molecule has 1 aliphatic rings. The zero-order valence-corrected chi connectivity index (χ0v) is 10.4. The maximum Gasteiger partial charge on any atom is 0.352 e. The normalized spacial score (nSPS) is 19.3. The summed E-state index contributed by atoms with van der Waals surface area (Å²) in [6, 6.07) is -0.0873. The Bertz CT molecular complexity index is 520. The van der Waals surface area contributed by atoms with Crippen LogP contribution in [0.3, 0.4) is 0 Å². The second kappa shape index (κ2) is 5.04. The number of carbonyl (C=O) groups is 1. The van der Waals surface area contributed by atoms with Gasteiger partial charge < -0.3 is 16.0 Å². The number of amides is 1. The summed E-state index contributed by atoms with van der Waals surface area (Å²) in [6.45, 7) is 0.472. The van der Waals surface area contributed by atoms with Gasteiger partial charge in [0.05, 0.1) is 4.92 Å². The number of aromatic nitrogens is 2. The van der Waals surface area contributed by atoms with E-state index in [0.29, 0.717) is 19.4 Å². The fraction of sp³-hybridized carbons (Fsp3) is 0.500. The molecule has 1 aromatic rings. The fourth-order valence-corrected chi connectivity index (χ4v) is 2.00. The summed E-state index contributed by atoms with van der Waals surface area (Å²) in [5, 5.41) is 13.9. The molecule has 1 amide bonds. The van der Waals surface area contributed by atoms with Gasteiger partial charge in [-0.2, -0.15) is 0 Å². The van der Waals surface area contributed by atoms with Crippen LogP contribution in [0.5, 0.6) is 0 Å². The summed E-state index contributed by atoms with van der Waals surface area (Å²) in [4.78, 5) is 30.7. The molecule has 2 heterocycles. The average Bonchev–Trinajstić information content (AvgIpc) is 2.33. The molecule has 1 aromatic heterocycles. The molecule has 1 unspecified atom stereocenters. The van der Waals surface area contributed by atoms with E-state index in [0.717, 1.165) is 0 Å². The van der Waals surface area contributed by atoms with Crippen molar-refractivity contribution in [3.8, 4) is 0 Å². The third-order valence-corrected chi connectivity index (χ3v) is 3.00. The lowest BCUT2D eigenvalue weighted by atomic mass is 10.1. The van der Waals surface area contributed by atoms with Crippen molar-refractivity contribution in [2.75, 3.05) is 24.6 Å². The number of hydrogen-bond donors (Lipinski definition) is 2. The molecule has 0 spiro atoms. The summed E-state index contributed by atoms with van der Waals surface area (Å²) in [7, 11) is 1.69. The molecule has 19 heavy (non-hydrogen) atoms. The van der Waals surface area contributed by atoms with Gasteiger partial charge in [0.1, 0.15) is 6.33 Å². The van der Waals surface area contributed by atoms with E-state index in [2.05, 4.69) is 15.3 Å². The molecular formula is C10H14N6O3. The number of nitrogen functional groups attached to an aromatic ring is 1. The highest BCUT2D eigenvalue weighted by Gasteiger charge is 2.27. The SMILES string of the molecule is CN1CC(Nc2ncnc(N)c2[N+](=O)[O-])CCC1=O. The Morgan fingerprint density at radius 1 is 1.58 bits per heavy atom. The molecule has 1 aliphatic heterocycles. The first-order valence-electron chi connectivity index (χ1n) is 5.74. The van der Waals surface area contributed by atoms with E-state index in [-0.39, 0.29) is 29.3 Å². The van der Waals surface area contributed by atoms with Gasteiger partial charge in [-0.05, 0) is 6.42 Å². The maximum atomic E-state index is 11.4. The second-order valence-electron chi connectivity index (χ2n) is 4.37. The zero-order chi connectivity index (χ0) is 14.0. The Hall–Kier alpha value is -2.45. The first-order chi connectivity index (χ1) is 8.99. The van der Waals surface area contributed by atoms with Gasteiger partial charge in [0.15, 0.2) is 0 Å². The average molecular weight is 266 g/mol. The number of nitrogens with two attached hydrogens (primary N) is 1. The lowest BCUT2D eigenvalue weighted by Gasteiger charge is -2.30. The third kappa shape index (κ3) is 2.69. The van der Waals surface area contributed by atoms with Crippen LogP contribution in [-0.2, 0) is 4.79 Å². The van der Waals surface area contributed by atoms with Crippen molar-refractivity contribution >= 4 is 23.2 Å². The van der Waals surface area contributed by atoms with Gasteiger partial charge in [-0.1, -0.05) is 0 Å². The van der Waals surface area contributed by atoms with Crippen LogP contribution in [0.4, 0.5) is 17.3 Å². The number of nitrogens with zero attached hydrogens (tertiary/aromatic N) is 4. The molecular weight excluding hydrogens is 252 g/mol. The number of likely N-dealkylation sites (N-methyl/N-ethyl adjacent to an activating group) is 1. The quantitative estimate of drug-likeness (QED) is 0.582. The summed E-state index contributed by atoms with van der Waals surface area (Å²) in [5.41, 5.74) is 5.15. The zero-order valence-electron chi connectivity index (χ0n) is 10.4. The highest BCUT2D eigenvalue weighted by Crippen LogP contribution is 2.27. The number of nitro groups is 1. The van der Waals surface area contributed by atoms with Gasteiger partial charge in [0.25, 0.3) is 0 Å². The van der Waals surface area contributed by atoms with Crippen molar-refractivity contribution < 1.29 is 9.72 Å². The largest absolute Gasteiger partial charge is 0.378 e. The van der Waals surface area contributed by atoms with E-state index in [9.17, 15) is 14.9 Å². The molecule has 102 valence electrons. The number of hydrogen-bond acceptors (Lipinski definition) is 7. The summed E-state index contributed by atoms with van der Waals surface area (Å²) < 4.78 is 0. The summed E-state index contributed by atoms with van der Waals surface area (Å²) in [5.74, 6) is -0.0252. The van der Waals surface area contributed by atoms with E-state index in [1.165, 1.54) is 6.33 Å². The lowest BCUT2D eigenvalue weighted by Crippen LogP contribution is -2.43. The number of likely N-dealkylation sites (tertiary alicyclic amines) is 1. The minimum atomic E-state index is -0.616. The first kappa shape index (κ1) is 13.0. The van der Waals surface area contributed by atoms with Crippen molar-refractivity contribution in [3.63, 3.8) is 0 Å². The van der Waals surface area contributed by atoms with E-state index < -0.39 is 4.92 Å². The molecule has 0 saturated carbocycles. The van der Waals surface area contributed by atoms with Gasteiger partial charge >= 0.3 is 5.69 Å². The van der Waals surface area contributed by atoms with Crippen LogP contribution in [-0.4, -0.2) is 45.3 Å². The van der Waals surface area contributed by atoms with Crippen molar-refractivity contribution in [1.82, 2.24) is 14.9 Å². The van der Waals surface area contributed by atoms with E-state index in [4.69, 9.17) is 5.73 Å². The first-order valence-corrected chi connectivity index (χ1v) is 5.74. The van der Waals surface area contributed by atoms with Crippen molar-refractivity contribution in [2.24, 2.45) is 0 Å². The van der Waals surface area contributed by atoms with Crippen LogP contribution < -0.4 is 11.1 Å². The van der Waals surface area contributed by atoms with Crippen molar-refractivity contribution in [2.45, 2.75) is 18.9 Å². The molecule has 9 heteroatoms. The smallest absolute Gasteiger partial charge is 0.352 e. The van der Waals surface area contributed by atoms with Gasteiger partial charge in [-0.25, -0.2) is 9.97 Å². The topological polar surface area (TPSA) is 127 Å². The molecule has 3 N–H and O–H groups in total. The Balaban J connectivity index is 2.18. The van der Waals surface area contributed by atoms with Crippen molar-refractivity contribution in [1.29, 1.82) is 0 Å². The standard InChI is InChI=1S/C10H14N6O3/c1-15-4-6(2-3-7(15)17)14-10-8(16(18)19)9(11)12-5-13-10/h5-6H,2-4H2,1H3,(H3,11,12,13,14). The summed E-state index contributed by atoms with van der Waals surface area (Å²) >= 11 is 0. The van der Waals surface area contributed by atoms with Gasteiger partial charge in [-0.15, -0.1) is 0 Å². The molecule has 1 atom stereocenters. The predicted molar refractivity (Wildman–Crippen MR) is 67.4 cm³/mol. The Morgan fingerprint density at radius 3 is 2.95 bits per heavy atom. The molecule has 1 saturated heterocycles. The van der Waals surface area contributed by atoms with Gasteiger partial charge in [-0.3, -0.25) is 14.9 Å². The predicted octanol–water partition coefficient (Wildman–Crippen LogP) is -0.000300. The fourth-order valence-electron chi connectivity index (χ4n) is 2.00. The van der Waals surface area contributed by atoms with E-state index in [1.54, 1.807) is 11.9 Å². The summed E-state index contributed by atoms with van der Waals surface area (Å²) in [6.07, 6.45) is 2.18. The minimum absolute atomic E-state index is 0.0646. The molecule has 1 fully saturated rings. The van der Waals surface area contributed by atoms with Crippen LogP contribution in [0, 0.1) is 10.1 Å². The molecule has 0 radical (unpaired) electrons. The van der Waals surface area contributed by atoms with Crippen LogP contribution in [0.15, 0.2) is 6.33 Å². The van der Waals surface area contributed by atoms with Crippen LogP contribution in [0.25, 0.3) is 0 Å². The third-order valence-electron chi connectivity index (χ3n) is 3.00. The molecule has 9 nitrogen and oxygen atoms in total. The minimum Gasteiger partial charge on any atom is -0.378 e. The highest BCUT2D eigenvalue weighted by atomic mass is 16.6. The Labute approximate surface area is 109 Å². The lowest BCUT2D eigenvalue weighted by molar-refractivity contribution is -0.383. The second-order valence-corrected chi connectivity index (χ2v) is 4.37. The highest BCUT2D eigenvalue weighted by molar-refractivity contribution is 5.77. The molecule has 0 aliphatic carbocycles. The number of anilines is 2. The number of nitrogens with one attached hydrogen (secondary N) is 1. The number of rotatable bonds is 3. The number of carbonyl (C=O) groups excluding carboxylic acids is 1. The van der Waals surface area contributed by atoms with Crippen molar-refractivity contribution in [3.05, 3.63) is 16.4 Å². The van der Waals surface area contributed by atoms with Crippen LogP contribution in [0.1, 0.15) is 12.8 Å². The van der Waals surface area contributed by atoms with Gasteiger partial charge in [0, 0.05) is 26.1 Å². The number of piperidine rings is 1. The molecule has 2 rings (SSSR count). The van der Waals surface area contributed by atoms with Gasteiger partial charge in [0.2, 0.25) is 17.5 Å². The van der Waals surface area contributed by atoms with Crippen LogP contribution in [0.2, 0.25) is 0 Å². The van der Waals surface area contributed by atoms with Crippen LogP contribution >= 0.6 is 0 Å².